The van der Waals surface area contributed by atoms with Crippen LogP contribution in [0, 0.1) is 5.41 Å². The van der Waals surface area contributed by atoms with Crippen LogP contribution in [0.3, 0.4) is 0 Å². The largest absolute Gasteiger partial charge is 0.483 e. The number of ether oxygens (including phenoxy) is 1. The number of nitrogens with one attached hydrogen (secondary N) is 2. The molecule has 1 saturated heterocycles. The molecule has 2 N–H and O–H groups in total. The van der Waals surface area contributed by atoms with Crippen molar-refractivity contribution in [3.05, 3.63) is 29.8 Å². The van der Waals surface area contributed by atoms with E-state index >= 15 is 0 Å². The Kier molecular flexibility index (Phi) is 7.69. The maximum atomic E-state index is 11.9. The van der Waals surface area contributed by atoms with Gasteiger partial charge in [0.2, 0.25) is 0 Å². The average Bonchev–Trinajstić information content (AvgIpc) is 2.52. The van der Waals surface area contributed by atoms with Gasteiger partial charge in [-0.1, -0.05) is 32.0 Å². The first-order valence-electron chi connectivity index (χ1n) is 7.81. The maximum Gasteiger partial charge on any atom is 0.257 e. The van der Waals surface area contributed by atoms with Gasteiger partial charge in [-0.2, -0.15) is 0 Å². The Morgan fingerprint density at radius 2 is 2.00 bits per heavy atom. The minimum Gasteiger partial charge on any atom is -0.483 e. The number of carbonyl (C=O) groups excluding carboxylic acids is 1. The summed E-state index contributed by atoms with van der Waals surface area (Å²) in [6.45, 7) is 7.21. The molecule has 1 amide bonds. The van der Waals surface area contributed by atoms with Crippen molar-refractivity contribution >= 4 is 18.3 Å². The second kappa shape index (κ2) is 9.01. The highest BCUT2D eigenvalue weighted by molar-refractivity contribution is 5.85. The fraction of sp³-hybridized carbons (Fsp3) is 0.588. The van der Waals surface area contributed by atoms with E-state index in [4.69, 9.17) is 4.74 Å². The van der Waals surface area contributed by atoms with Crippen molar-refractivity contribution in [2.75, 3.05) is 26.2 Å². The molecule has 0 aromatic heterocycles. The van der Waals surface area contributed by atoms with Crippen LogP contribution in [0.15, 0.2) is 24.3 Å². The number of aryl methyl sites for hydroxylation is 1. The number of para-hydroxylation sites is 1. The predicted molar refractivity (Wildman–Crippen MR) is 91.8 cm³/mol. The number of carbonyl (C=O) groups is 1. The summed E-state index contributed by atoms with van der Waals surface area (Å²) >= 11 is 0. The molecule has 1 aliphatic heterocycles. The van der Waals surface area contributed by atoms with Gasteiger partial charge in [0.15, 0.2) is 6.61 Å². The lowest BCUT2D eigenvalue weighted by atomic mass is 9.81. The molecule has 0 spiro atoms. The standard InChI is InChI=1S/C17H26N2O2.ClH/c1-3-14-6-4-5-7-15(14)21-12-16(20)19-13-17(2)8-10-18-11-9-17;/h4-7,18H,3,8-13H2,1-2H3,(H,19,20);1H. The van der Waals surface area contributed by atoms with E-state index < -0.39 is 0 Å². The molecule has 0 atom stereocenters. The third-order valence-corrected chi connectivity index (χ3v) is 4.24. The first kappa shape index (κ1) is 18.8. The molecule has 5 heteroatoms. The van der Waals surface area contributed by atoms with Crippen LogP contribution in [0.1, 0.15) is 32.3 Å². The molecule has 0 unspecified atom stereocenters. The normalized spacial score (nSPS) is 16.5. The van der Waals surface area contributed by atoms with Gasteiger partial charge < -0.3 is 15.4 Å². The highest BCUT2D eigenvalue weighted by Crippen LogP contribution is 2.26. The number of benzene rings is 1. The van der Waals surface area contributed by atoms with E-state index in [1.54, 1.807) is 0 Å². The van der Waals surface area contributed by atoms with Crippen LogP contribution >= 0.6 is 12.4 Å². The van der Waals surface area contributed by atoms with E-state index in [0.717, 1.165) is 50.2 Å². The second-order valence-electron chi connectivity index (χ2n) is 6.09. The van der Waals surface area contributed by atoms with Gasteiger partial charge in [0, 0.05) is 6.54 Å². The molecule has 1 aromatic rings. The molecule has 1 fully saturated rings. The monoisotopic (exact) mass is 326 g/mol. The van der Waals surface area contributed by atoms with E-state index in [1.165, 1.54) is 0 Å². The van der Waals surface area contributed by atoms with Crippen LogP contribution in [0.2, 0.25) is 0 Å². The Hall–Kier alpha value is -1.26. The van der Waals surface area contributed by atoms with Crippen LogP contribution in [0.25, 0.3) is 0 Å². The summed E-state index contributed by atoms with van der Waals surface area (Å²) in [6, 6.07) is 7.87. The summed E-state index contributed by atoms with van der Waals surface area (Å²) in [5.74, 6) is 0.767. The third kappa shape index (κ3) is 5.50. The van der Waals surface area contributed by atoms with E-state index in [1.807, 2.05) is 24.3 Å². The number of piperidine rings is 1. The van der Waals surface area contributed by atoms with Gasteiger partial charge in [-0.15, -0.1) is 12.4 Å². The highest BCUT2D eigenvalue weighted by atomic mass is 35.5. The second-order valence-corrected chi connectivity index (χ2v) is 6.09. The van der Waals surface area contributed by atoms with Crippen LogP contribution in [-0.2, 0) is 11.2 Å². The Balaban J connectivity index is 0.00000242. The molecule has 4 nitrogen and oxygen atoms in total. The number of amides is 1. The lowest BCUT2D eigenvalue weighted by molar-refractivity contribution is -0.123. The number of hydrogen-bond acceptors (Lipinski definition) is 3. The van der Waals surface area contributed by atoms with Gasteiger partial charge >= 0.3 is 0 Å². The van der Waals surface area contributed by atoms with Crippen LogP contribution in [0.4, 0.5) is 0 Å². The van der Waals surface area contributed by atoms with Crippen molar-refractivity contribution in [2.24, 2.45) is 5.41 Å². The minimum absolute atomic E-state index is 0. The van der Waals surface area contributed by atoms with Crippen LogP contribution < -0.4 is 15.4 Å². The summed E-state index contributed by atoms with van der Waals surface area (Å²) in [4.78, 5) is 11.9. The van der Waals surface area contributed by atoms with Crippen molar-refractivity contribution in [3.63, 3.8) is 0 Å². The van der Waals surface area contributed by atoms with Gasteiger partial charge in [0.25, 0.3) is 5.91 Å². The van der Waals surface area contributed by atoms with Crippen molar-refractivity contribution in [2.45, 2.75) is 33.1 Å². The Labute approximate surface area is 139 Å². The smallest absolute Gasteiger partial charge is 0.257 e. The molecule has 0 aliphatic carbocycles. The topological polar surface area (TPSA) is 50.4 Å². The van der Waals surface area contributed by atoms with Crippen LogP contribution in [-0.4, -0.2) is 32.1 Å². The first-order valence-corrected chi connectivity index (χ1v) is 7.81. The summed E-state index contributed by atoms with van der Waals surface area (Å²) in [7, 11) is 0. The Morgan fingerprint density at radius 1 is 1.32 bits per heavy atom. The van der Waals surface area contributed by atoms with Crippen molar-refractivity contribution in [1.29, 1.82) is 0 Å². The predicted octanol–water partition coefficient (Wildman–Crippen LogP) is 2.56. The summed E-state index contributed by atoms with van der Waals surface area (Å²) in [6.07, 6.45) is 3.11. The van der Waals surface area contributed by atoms with Gasteiger partial charge in [-0.05, 0) is 49.4 Å². The van der Waals surface area contributed by atoms with E-state index in [9.17, 15) is 4.79 Å². The maximum absolute atomic E-state index is 11.9. The van der Waals surface area contributed by atoms with Gasteiger partial charge in [0.05, 0.1) is 0 Å². The molecule has 1 heterocycles. The number of halogens is 1. The molecular weight excluding hydrogens is 300 g/mol. The summed E-state index contributed by atoms with van der Waals surface area (Å²) in [5, 5.41) is 6.36. The quantitative estimate of drug-likeness (QED) is 0.844. The molecule has 1 aliphatic rings. The van der Waals surface area contributed by atoms with Crippen molar-refractivity contribution in [3.8, 4) is 5.75 Å². The third-order valence-electron chi connectivity index (χ3n) is 4.24. The molecule has 2 rings (SSSR count). The Bertz CT molecular complexity index is 473. The van der Waals surface area contributed by atoms with Gasteiger partial charge in [-0.25, -0.2) is 0 Å². The SMILES string of the molecule is CCc1ccccc1OCC(=O)NCC1(C)CCNCC1.Cl. The van der Waals surface area contributed by atoms with E-state index in [-0.39, 0.29) is 30.3 Å². The molecule has 0 saturated carbocycles. The van der Waals surface area contributed by atoms with Crippen LogP contribution in [0.5, 0.6) is 5.75 Å². The molecule has 1 aromatic carbocycles. The lowest BCUT2D eigenvalue weighted by Crippen LogP contribution is -2.43. The zero-order valence-electron chi connectivity index (χ0n) is 13.5. The Morgan fingerprint density at radius 3 is 2.68 bits per heavy atom. The molecule has 124 valence electrons. The van der Waals surface area contributed by atoms with Gasteiger partial charge in [0.1, 0.15) is 5.75 Å². The van der Waals surface area contributed by atoms with Gasteiger partial charge in [-0.3, -0.25) is 4.79 Å². The highest BCUT2D eigenvalue weighted by Gasteiger charge is 2.26. The molecule has 0 bridgehead atoms. The zero-order chi connectivity index (χ0) is 15.1. The molecular formula is C17H27ClN2O2. The lowest BCUT2D eigenvalue weighted by Gasteiger charge is -2.34. The molecule has 0 radical (unpaired) electrons. The number of rotatable bonds is 6. The van der Waals surface area contributed by atoms with E-state index in [2.05, 4.69) is 24.5 Å². The zero-order valence-corrected chi connectivity index (χ0v) is 14.3. The molecule has 22 heavy (non-hydrogen) atoms. The average molecular weight is 327 g/mol. The van der Waals surface area contributed by atoms with Crippen molar-refractivity contribution in [1.82, 2.24) is 10.6 Å². The summed E-state index contributed by atoms with van der Waals surface area (Å²) in [5.41, 5.74) is 1.35. The fourth-order valence-electron chi connectivity index (χ4n) is 2.65. The summed E-state index contributed by atoms with van der Waals surface area (Å²) < 4.78 is 5.64. The van der Waals surface area contributed by atoms with Crippen molar-refractivity contribution < 1.29 is 9.53 Å². The van der Waals surface area contributed by atoms with E-state index in [0.29, 0.717) is 0 Å². The minimum atomic E-state index is -0.0411. The first-order chi connectivity index (χ1) is 10.1. The fourth-order valence-corrected chi connectivity index (χ4v) is 2.65. The number of hydrogen-bond donors (Lipinski definition) is 2.